The van der Waals surface area contributed by atoms with Crippen molar-refractivity contribution in [3.05, 3.63) is 34.9 Å². The molecule has 4 amide bonds. The number of hydrogen-bond acceptors (Lipinski definition) is 5. The summed E-state index contributed by atoms with van der Waals surface area (Å²) in [6.45, 7) is 15.2. The van der Waals surface area contributed by atoms with Crippen LogP contribution in [0.1, 0.15) is 96.4 Å². The van der Waals surface area contributed by atoms with E-state index >= 15 is 0 Å². The number of carbonyl (C=O) groups is 4. The monoisotopic (exact) mass is 518 g/mol. The van der Waals surface area contributed by atoms with Crippen LogP contribution < -0.4 is 16.4 Å². The van der Waals surface area contributed by atoms with Gasteiger partial charge in [-0.05, 0) is 71.9 Å². The van der Waals surface area contributed by atoms with Crippen LogP contribution in [0, 0.1) is 13.8 Å². The molecule has 37 heavy (non-hydrogen) atoms. The Morgan fingerprint density at radius 1 is 1.03 bits per heavy atom. The van der Waals surface area contributed by atoms with Crippen LogP contribution in [0.4, 0.5) is 4.79 Å². The Bertz CT molecular complexity index is 941. The van der Waals surface area contributed by atoms with Crippen LogP contribution in [0.2, 0.25) is 0 Å². The first-order valence-electron chi connectivity index (χ1n) is 13.2. The number of hydrogen-bond donors (Lipinski definition) is 3. The minimum Gasteiger partial charge on any atom is -0.444 e. The predicted octanol–water partition coefficient (Wildman–Crippen LogP) is 4.05. The number of ether oxygens (including phenoxy) is 1. The van der Waals surface area contributed by atoms with Crippen molar-refractivity contribution in [2.45, 2.75) is 111 Å². The molecule has 0 saturated carbocycles. The summed E-state index contributed by atoms with van der Waals surface area (Å²) in [4.78, 5) is 53.4. The van der Waals surface area contributed by atoms with Crippen LogP contribution >= 0.6 is 0 Å². The number of nitrogens with zero attached hydrogens (tertiary/aromatic N) is 1. The third kappa shape index (κ3) is 10.8. The van der Waals surface area contributed by atoms with Gasteiger partial charge in [-0.2, -0.15) is 0 Å². The molecule has 0 bridgehead atoms. The van der Waals surface area contributed by atoms with E-state index in [2.05, 4.69) is 10.6 Å². The van der Waals surface area contributed by atoms with E-state index in [1.165, 1.54) is 4.90 Å². The van der Waals surface area contributed by atoms with Gasteiger partial charge in [-0.3, -0.25) is 14.4 Å². The fourth-order valence-electron chi connectivity index (χ4n) is 4.13. The zero-order valence-electron chi connectivity index (χ0n) is 23.8. The molecule has 0 aliphatic carbocycles. The average Bonchev–Trinajstić information content (AvgIpc) is 2.76. The van der Waals surface area contributed by atoms with Crippen LogP contribution in [0.5, 0.6) is 0 Å². The lowest BCUT2D eigenvalue weighted by molar-refractivity contribution is -0.143. The molecule has 4 N–H and O–H groups in total. The van der Waals surface area contributed by atoms with Gasteiger partial charge in [0.25, 0.3) is 0 Å². The van der Waals surface area contributed by atoms with Gasteiger partial charge in [0, 0.05) is 19.0 Å². The van der Waals surface area contributed by atoms with E-state index < -0.39 is 35.6 Å². The van der Waals surface area contributed by atoms with Crippen LogP contribution in [-0.2, 0) is 19.1 Å². The summed E-state index contributed by atoms with van der Waals surface area (Å²) in [5.74, 6) is -1.36. The SMILES string of the molecule is CCCC(C)NC(=O)C(c1cc(C)ccc1C)N(CCC)C(=O)C(CCC(N)=O)NC(=O)OC(C)(C)C. The van der Waals surface area contributed by atoms with Crippen molar-refractivity contribution in [2.24, 2.45) is 5.73 Å². The number of benzene rings is 1. The fraction of sp³-hybridized carbons (Fsp3) is 0.643. The normalized spacial score (nSPS) is 13.7. The summed E-state index contributed by atoms with van der Waals surface area (Å²) in [5.41, 5.74) is 7.13. The number of aryl methyl sites for hydroxylation is 2. The molecule has 0 aliphatic rings. The quantitative estimate of drug-likeness (QED) is 0.363. The van der Waals surface area contributed by atoms with Gasteiger partial charge in [-0.25, -0.2) is 4.79 Å². The van der Waals surface area contributed by atoms with Crippen molar-refractivity contribution < 1.29 is 23.9 Å². The van der Waals surface area contributed by atoms with Gasteiger partial charge < -0.3 is 26.0 Å². The first kappa shape index (κ1) is 31.9. The molecule has 0 aromatic heterocycles. The molecule has 0 aliphatic heterocycles. The topological polar surface area (TPSA) is 131 Å². The van der Waals surface area contributed by atoms with E-state index in [0.717, 1.165) is 24.0 Å². The van der Waals surface area contributed by atoms with Crippen molar-refractivity contribution >= 4 is 23.8 Å². The first-order chi connectivity index (χ1) is 17.2. The van der Waals surface area contributed by atoms with E-state index in [1.807, 2.05) is 52.8 Å². The number of amides is 4. The van der Waals surface area contributed by atoms with Crippen LogP contribution in [0.3, 0.4) is 0 Å². The van der Waals surface area contributed by atoms with E-state index in [9.17, 15) is 19.2 Å². The highest BCUT2D eigenvalue weighted by Gasteiger charge is 2.37. The highest BCUT2D eigenvalue weighted by Crippen LogP contribution is 2.28. The van der Waals surface area contributed by atoms with Crippen LogP contribution in [-0.4, -0.2) is 52.9 Å². The zero-order valence-corrected chi connectivity index (χ0v) is 23.8. The molecule has 1 aromatic carbocycles. The third-order valence-corrected chi connectivity index (χ3v) is 5.82. The smallest absolute Gasteiger partial charge is 0.408 e. The zero-order chi connectivity index (χ0) is 28.3. The van der Waals surface area contributed by atoms with Crippen molar-refractivity contribution in [1.29, 1.82) is 0 Å². The number of nitrogens with one attached hydrogen (secondary N) is 2. The van der Waals surface area contributed by atoms with E-state index in [1.54, 1.807) is 20.8 Å². The molecule has 9 nitrogen and oxygen atoms in total. The maximum atomic E-state index is 14.0. The van der Waals surface area contributed by atoms with Gasteiger partial charge in [0.05, 0.1) is 0 Å². The number of alkyl carbamates (subject to hydrolysis) is 1. The fourth-order valence-corrected chi connectivity index (χ4v) is 4.13. The van der Waals surface area contributed by atoms with Gasteiger partial charge in [0.1, 0.15) is 17.7 Å². The molecule has 3 unspecified atom stereocenters. The van der Waals surface area contributed by atoms with Crippen molar-refractivity contribution in [3.8, 4) is 0 Å². The Hall–Kier alpha value is -3.10. The van der Waals surface area contributed by atoms with Crippen molar-refractivity contribution in [1.82, 2.24) is 15.5 Å². The Balaban J connectivity index is 3.53. The Labute approximate surface area is 221 Å². The van der Waals surface area contributed by atoms with Gasteiger partial charge in [0.15, 0.2) is 0 Å². The molecule has 1 aromatic rings. The van der Waals surface area contributed by atoms with Gasteiger partial charge in [-0.1, -0.05) is 44.0 Å². The summed E-state index contributed by atoms with van der Waals surface area (Å²) in [7, 11) is 0. The second-order valence-corrected chi connectivity index (χ2v) is 10.7. The lowest BCUT2D eigenvalue weighted by Gasteiger charge is -2.35. The summed E-state index contributed by atoms with van der Waals surface area (Å²) in [6, 6.07) is 3.72. The predicted molar refractivity (Wildman–Crippen MR) is 145 cm³/mol. The maximum Gasteiger partial charge on any atom is 0.408 e. The third-order valence-electron chi connectivity index (χ3n) is 5.82. The average molecular weight is 519 g/mol. The summed E-state index contributed by atoms with van der Waals surface area (Å²) in [5, 5.41) is 5.67. The van der Waals surface area contributed by atoms with Crippen molar-refractivity contribution in [2.75, 3.05) is 6.54 Å². The molecule has 0 fully saturated rings. The molecule has 1 rings (SSSR count). The first-order valence-corrected chi connectivity index (χ1v) is 13.2. The molecule has 0 radical (unpaired) electrons. The highest BCUT2D eigenvalue weighted by atomic mass is 16.6. The van der Waals surface area contributed by atoms with E-state index in [-0.39, 0.29) is 31.3 Å². The standard InChI is InChI=1S/C28H46N4O5/c1-9-11-20(5)30-25(34)24(21-17-18(3)12-13-19(21)4)32(16-10-2)26(35)22(14-15-23(29)33)31-27(36)37-28(6,7)8/h12-13,17,20,22,24H,9-11,14-16H2,1-8H3,(H2,29,33)(H,30,34)(H,31,36). The number of nitrogens with two attached hydrogens (primary N) is 1. The number of primary amides is 1. The molecule has 9 heteroatoms. The van der Waals surface area contributed by atoms with Crippen LogP contribution in [0.15, 0.2) is 18.2 Å². The molecule has 208 valence electrons. The Morgan fingerprint density at radius 3 is 2.22 bits per heavy atom. The molecule has 0 spiro atoms. The highest BCUT2D eigenvalue weighted by molar-refractivity contribution is 5.92. The summed E-state index contributed by atoms with van der Waals surface area (Å²) >= 11 is 0. The van der Waals surface area contributed by atoms with Crippen LogP contribution in [0.25, 0.3) is 0 Å². The molecule has 0 saturated heterocycles. The van der Waals surface area contributed by atoms with Gasteiger partial charge in [-0.15, -0.1) is 0 Å². The lowest BCUT2D eigenvalue weighted by Crippen LogP contribution is -2.54. The minimum absolute atomic E-state index is 0.0129. The van der Waals surface area contributed by atoms with Gasteiger partial charge in [0.2, 0.25) is 17.7 Å². The number of rotatable bonds is 13. The summed E-state index contributed by atoms with van der Waals surface area (Å²) in [6.07, 6.45) is 1.38. The largest absolute Gasteiger partial charge is 0.444 e. The second-order valence-electron chi connectivity index (χ2n) is 10.7. The lowest BCUT2D eigenvalue weighted by atomic mass is 9.95. The minimum atomic E-state index is -1.10. The van der Waals surface area contributed by atoms with Gasteiger partial charge >= 0.3 is 6.09 Å². The van der Waals surface area contributed by atoms with Crippen molar-refractivity contribution in [3.63, 3.8) is 0 Å². The van der Waals surface area contributed by atoms with E-state index in [0.29, 0.717) is 12.0 Å². The Morgan fingerprint density at radius 2 is 1.68 bits per heavy atom. The maximum absolute atomic E-state index is 14.0. The molecule has 0 heterocycles. The van der Waals surface area contributed by atoms with E-state index in [4.69, 9.17) is 10.5 Å². The summed E-state index contributed by atoms with van der Waals surface area (Å²) < 4.78 is 5.36. The Kier molecular flexibility index (Phi) is 12.6. The molecular formula is C28H46N4O5. The number of carbonyl (C=O) groups excluding carboxylic acids is 4. The molecule has 3 atom stereocenters. The molecular weight excluding hydrogens is 472 g/mol. The second kappa shape index (κ2) is 14.6.